The average molecular weight is 384 g/mol. The molecule has 26 heavy (non-hydrogen) atoms. The van der Waals surface area contributed by atoms with Gasteiger partial charge in [-0.25, -0.2) is 0 Å². The van der Waals surface area contributed by atoms with Crippen LogP contribution in [0.3, 0.4) is 0 Å². The van der Waals surface area contributed by atoms with Gasteiger partial charge in [-0.1, -0.05) is 29.8 Å². The maximum atomic E-state index is 12.5. The second-order valence-electron chi connectivity index (χ2n) is 5.91. The predicted molar refractivity (Wildman–Crippen MR) is 95.8 cm³/mol. The highest BCUT2D eigenvalue weighted by Crippen LogP contribution is 2.26. The normalized spacial score (nSPS) is 12.0. The van der Waals surface area contributed by atoms with E-state index in [0.29, 0.717) is 17.3 Å². The number of carbonyl (C=O) groups excluding carboxylic acids is 1. The Morgan fingerprint density at radius 3 is 2.42 bits per heavy atom. The summed E-state index contributed by atoms with van der Waals surface area (Å²) in [5.41, 5.74) is 1.76. The monoisotopic (exact) mass is 383 g/mol. The topological polar surface area (TPSA) is 38.8 Å². The Labute approximate surface area is 156 Å². The summed E-state index contributed by atoms with van der Waals surface area (Å²) in [5, 5.41) is 0.438. The first kappa shape index (κ1) is 20.0. The van der Waals surface area contributed by atoms with Crippen LogP contribution in [0.5, 0.6) is 11.5 Å². The number of aryl methyl sites for hydroxylation is 1. The molecule has 0 N–H and O–H groups in total. The summed E-state index contributed by atoms with van der Waals surface area (Å²) in [6, 6.07) is 11.5. The number of hydrogen-bond donors (Lipinski definition) is 0. The van der Waals surface area contributed by atoms with Crippen molar-refractivity contribution in [3.05, 3.63) is 58.6 Å². The Morgan fingerprint density at radius 1 is 1.15 bits per heavy atom. The number of nitrogens with zero attached hydrogens (tertiary/aromatic N) is 1. The van der Waals surface area contributed by atoms with Gasteiger partial charge in [0.05, 0.1) is 5.02 Å². The standard InChI is InChI=1S/C19H20ClF2NO3/c1-12-4-9-16(20)17(10-12)25-13(2)18(24)23(3)11-14-5-7-15(8-6-14)26-19(21)22/h4-10,13,19H,11H2,1-3H3. The third-order valence-electron chi connectivity index (χ3n) is 3.68. The molecule has 0 saturated heterocycles. The molecule has 1 amide bonds. The first-order chi connectivity index (χ1) is 12.3. The summed E-state index contributed by atoms with van der Waals surface area (Å²) in [5.74, 6) is 0.299. The number of halogens is 3. The van der Waals surface area contributed by atoms with Gasteiger partial charge in [-0.3, -0.25) is 4.79 Å². The lowest BCUT2D eigenvalue weighted by Gasteiger charge is -2.23. The van der Waals surface area contributed by atoms with Crippen molar-refractivity contribution in [1.29, 1.82) is 0 Å². The first-order valence-electron chi connectivity index (χ1n) is 7.98. The molecule has 0 heterocycles. The SMILES string of the molecule is Cc1ccc(Cl)c(OC(C)C(=O)N(C)Cc2ccc(OC(F)F)cc2)c1. The summed E-state index contributed by atoms with van der Waals surface area (Å²) in [7, 11) is 1.64. The minimum atomic E-state index is -2.86. The van der Waals surface area contributed by atoms with Crippen LogP contribution < -0.4 is 9.47 Å². The maximum absolute atomic E-state index is 12.5. The van der Waals surface area contributed by atoms with E-state index in [2.05, 4.69) is 4.74 Å². The van der Waals surface area contributed by atoms with Crippen LogP contribution in [0.2, 0.25) is 5.02 Å². The molecule has 0 aliphatic heterocycles. The van der Waals surface area contributed by atoms with E-state index in [0.717, 1.165) is 11.1 Å². The summed E-state index contributed by atoms with van der Waals surface area (Å²) < 4.78 is 34.3. The highest BCUT2D eigenvalue weighted by Gasteiger charge is 2.20. The van der Waals surface area contributed by atoms with E-state index in [4.69, 9.17) is 16.3 Å². The number of likely N-dealkylation sites (N-methyl/N-ethyl adjacent to an activating group) is 1. The van der Waals surface area contributed by atoms with Crippen LogP contribution in [-0.2, 0) is 11.3 Å². The van der Waals surface area contributed by atoms with E-state index >= 15 is 0 Å². The summed E-state index contributed by atoms with van der Waals surface area (Å²) in [4.78, 5) is 14.0. The molecule has 0 radical (unpaired) electrons. The third-order valence-corrected chi connectivity index (χ3v) is 3.99. The third kappa shape index (κ3) is 5.59. The molecule has 1 unspecified atom stereocenters. The van der Waals surface area contributed by atoms with Crippen LogP contribution in [0.15, 0.2) is 42.5 Å². The zero-order chi connectivity index (χ0) is 19.3. The fraction of sp³-hybridized carbons (Fsp3) is 0.316. The van der Waals surface area contributed by atoms with Crippen molar-refractivity contribution in [2.45, 2.75) is 33.1 Å². The largest absolute Gasteiger partial charge is 0.479 e. The Kier molecular flexibility index (Phi) is 6.80. The molecule has 2 aromatic carbocycles. The van der Waals surface area contributed by atoms with Crippen molar-refractivity contribution in [3.8, 4) is 11.5 Å². The fourth-order valence-corrected chi connectivity index (χ4v) is 2.54. The quantitative estimate of drug-likeness (QED) is 0.697. The molecule has 0 aliphatic rings. The Morgan fingerprint density at radius 2 is 1.81 bits per heavy atom. The van der Waals surface area contributed by atoms with E-state index in [9.17, 15) is 13.6 Å². The van der Waals surface area contributed by atoms with Crippen molar-refractivity contribution in [3.63, 3.8) is 0 Å². The van der Waals surface area contributed by atoms with Gasteiger partial charge in [0.15, 0.2) is 6.10 Å². The van der Waals surface area contributed by atoms with Gasteiger partial charge in [0.1, 0.15) is 11.5 Å². The van der Waals surface area contributed by atoms with Crippen molar-refractivity contribution in [2.24, 2.45) is 0 Å². The average Bonchev–Trinajstić information content (AvgIpc) is 2.58. The predicted octanol–water partition coefficient (Wildman–Crippen LogP) is 4.68. The van der Waals surface area contributed by atoms with Crippen LogP contribution >= 0.6 is 11.6 Å². The molecule has 0 fully saturated rings. The van der Waals surface area contributed by atoms with Crippen molar-refractivity contribution < 1.29 is 23.0 Å². The van der Waals surface area contributed by atoms with Gasteiger partial charge < -0.3 is 14.4 Å². The molecule has 2 aromatic rings. The summed E-state index contributed by atoms with van der Waals surface area (Å²) in [6.45, 7) is 1.00. The molecule has 7 heteroatoms. The summed E-state index contributed by atoms with van der Waals surface area (Å²) >= 11 is 6.09. The lowest BCUT2D eigenvalue weighted by Crippen LogP contribution is -2.37. The number of benzene rings is 2. The number of alkyl halides is 2. The highest BCUT2D eigenvalue weighted by atomic mass is 35.5. The van der Waals surface area contributed by atoms with Crippen molar-refractivity contribution >= 4 is 17.5 Å². The smallest absolute Gasteiger partial charge is 0.387 e. The van der Waals surface area contributed by atoms with Gasteiger partial charge in [0.25, 0.3) is 5.91 Å². The zero-order valence-electron chi connectivity index (χ0n) is 14.7. The van der Waals surface area contributed by atoms with Gasteiger partial charge in [-0.2, -0.15) is 8.78 Å². The van der Waals surface area contributed by atoms with Gasteiger partial charge in [0.2, 0.25) is 0 Å². The Hall–Kier alpha value is -2.34. The van der Waals surface area contributed by atoms with Crippen molar-refractivity contribution in [1.82, 2.24) is 4.90 Å². The molecule has 1 atom stereocenters. The van der Waals surface area contributed by atoms with Crippen LogP contribution in [0.4, 0.5) is 8.78 Å². The number of rotatable bonds is 7. The van der Waals surface area contributed by atoms with Gasteiger partial charge in [-0.15, -0.1) is 0 Å². The van der Waals surface area contributed by atoms with Crippen LogP contribution in [0, 0.1) is 6.92 Å². The van der Waals surface area contributed by atoms with Gasteiger partial charge in [-0.05, 0) is 49.2 Å². The van der Waals surface area contributed by atoms with E-state index in [1.54, 1.807) is 38.2 Å². The van der Waals surface area contributed by atoms with Crippen LogP contribution in [0.25, 0.3) is 0 Å². The lowest BCUT2D eigenvalue weighted by molar-refractivity contribution is -0.137. The molecule has 0 saturated carbocycles. The Bertz CT molecular complexity index is 753. The summed E-state index contributed by atoms with van der Waals surface area (Å²) in [6.07, 6.45) is -0.722. The second kappa shape index (κ2) is 8.85. The number of hydrogen-bond acceptors (Lipinski definition) is 3. The molecule has 2 rings (SSSR count). The zero-order valence-corrected chi connectivity index (χ0v) is 15.5. The Balaban J connectivity index is 1.96. The molecule has 0 spiro atoms. The molecule has 0 aromatic heterocycles. The lowest BCUT2D eigenvalue weighted by atomic mass is 10.2. The molecule has 0 bridgehead atoms. The number of amides is 1. The second-order valence-corrected chi connectivity index (χ2v) is 6.32. The first-order valence-corrected chi connectivity index (χ1v) is 8.35. The fourth-order valence-electron chi connectivity index (χ4n) is 2.38. The molecule has 0 aliphatic carbocycles. The minimum absolute atomic E-state index is 0.0727. The minimum Gasteiger partial charge on any atom is -0.479 e. The van der Waals surface area contributed by atoms with Crippen LogP contribution in [0.1, 0.15) is 18.1 Å². The van der Waals surface area contributed by atoms with Crippen molar-refractivity contribution in [2.75, 3.05) is 7.05 Å². The van der Waals surface area contributed by atoms with Crippen LogP contribution in [-0.4, -0.2) is 30.6 Å². The van der Waals surface area contributed by atoms with E-state index in [1.165, 1.54) is 17.0 Å². The molecular weight excluding hydrogens is 364 g/mol. The number of carbonyl (C=O) groups is 1. The van der Waals surface area contributed by atoms with E-state index in [1.807, 2.05) is 13.0 Å². The molecule has 4 nitrogen and oxygen atoms in total. The maximum Gasteiger partial charge on any atom is 0.387 e. The number of ether oxygens (including phenoxy) is 2. The molecular formula is C19H20ClF2NO3. The van der Waals surface area contributed by atoms with E-state index in [-0.39, 0.29) is 11.7 Å². The van der Waals surface area contributed by atoms with Gasteiger partial charge >= 0.3 is 6.61 Å². The van der Waals surface area contributed by atoms with Gasteiger partial charge in [0, 0.05) is 13.6 Å². The molecule has 140 valence electrons. The highest BCUT2D eigenvalue weighted by molar-refractivity contribution is 6.32. The van der Waals surface area contributed by atoms with E-state index < -0.39 is 12.7 Å².